The molecule has 1 saturated carbocycles. The predicted molar refractivity (Wildman–Crippen MR) is 117 cm³/mol. The van der Waals surface area contributed by atoms with Crippen molar-refractivity contribution in [2.45, 2.75) is 60.0 Å². The van der Waals surface area contributed by atoms with E-state index in [-0.39, 0.29) is 30.8 Å². The Hall–Kier alpha value is -2.96. The first-order valence-electron chi connectivity index (χ1n) is 11.0. The molecule has 7 heteroatoms. The third-order valence-corrected chi connectivity index (χ3v) is 6.05. The molecule has 1 aliphatic carbocycles. The number of carbonyl (C=O) groups excluding carboxylic acids is 3. The van der Waals surface area contributed by atoms with Gasteiger partial charge in [-0.25, -0.2) is 4.79 Å². The van der Waals surface area contributed by atoms with Gasteiger partial charge in [0.25, 0.3) is 0 Å². The van der Waals surface area contributed by atoms with Gasteiger partial charge in [0.05, 0.1) is 13.2 Å². The molecule has 0 atom stereocenters. The van der Waals surface area contributed by atoms with E-state index in [4.69, 9.17) is 4.74 Å². The molecule has 0 spiro atoms. The number of ketones is 1. The molecular weight excluding hydrogens is 394 g/mol. The Morgan fingerprint density at radius 3 is 2.39 bits per heavy atom. The second-order valence-electron chi connectivity index (χ2n) is 8.00. The van der Waals surface area contributed by atoms with E-state index in [9.17, 15) is 14.4 Å². The molecule has 0 saturated heterocycles. The number of rotatable bonds is 9. The standard InChI is InChI=1S/C24H31N3O4/c1-5-27-17(4)21(16(3)22(27)24(30)31-6-2)20(28)15-26(23(29)19-8-7-9-19)14-18-10-12-25-13-11-18/h10-13,19H,5-9,14-15H2,1-4H3. The molecule has 2 aromatic heterocycles. The van der Waals surface area contributed by atoms with Crippen LogP contribution in [0.15, 0.2) is 24.5 Å². The number of nitrogens with zero attached hydrogens (tertiary/aromatic N) is 3. The Morgan fingerprint density at radius 1 is 1.16 bits per heavy atom. The van der Waals surface area contributed by atoms with Gasteiger partial charge in [0.1, 0.15) is 5.69 Å². The van der Waals surface area contributed by atoms with Crippen molar-refractivity contribution in [1.82, 2.24) is 14.5 Å². The van der Waals surface area contributed by atoms with Crippen LogP contribution in [0.2, 0.25) is 0 Å². The highest BCUT2D eigenvalue weighted by Crippen LogP contribution is 2.30. The lowest BCUT2D eigenvalue weighted by molar-refractivity contribution is -0.138. The van der Waals surface area contributed by atoms with E-state index in [0.717, 1.165) is 30.5 Å². The molecular formula is C24H31N3O4. The topological polar surface area (TPSA) is 81.5 Å². The van der Waals surface area contributed by atoms with Crippen molar-refractivity contribution < 1.29 is 19.1 Å². The van der Waals surface area contributed by atoms with Crippen LogP contribution in [0, 0.1) is 19.8 Å². The first kappa shape index (κ1) is 22.7. The quantitative estimate of drug-likeness (QED) is 0.452. The molecule has 0 aliphatic heterocycles. The van der Waals surface area contributed by atoms with Crippen molar-refractivity contribution in [1.29, 1.82) is 0 Å². The molecule has 1 amide bonds. The lowest BCUT2D eigenvalue weighted by Crippen LogP contribution is -2.41. The molecule has 1 aliphatic rings. The summed E-state index contributed by atoms with van der Waals surface area (Å²) in [5.41, 5.74) is 3.19. The van der Waals surface area contributed by atoms with Gasteiger partial charge in [0, 0.05) is 42.7 Å². The van der Waals surface area contributed by atoms with E-state index < -0.39 is 5.97 Å². The zero-order chi connectivity index (χ0) is 22.5. The number of Topliss-reactive ketones (excluding diaryl/α,β-unsaturated/α-hetero) is 1. The number of hydrogen-bond donors (Lipinski definition) is 0. The molecule has 0 N–H and O–H groups in total. The molecule has 2 heterocycles. The maximum Gasteiger partial charge on any atom is 0.355 e. The maximum atomic E-state index is 13.4. The number of carbonyl (C=O) groups is 3. The molecule has 3 rings (SSSR count). The minimum absolute atomic E-state index is 0.00726. The van der Waals surface area contributed by atoms with E-state index in [1.54, 1.807) is 31.1 Å². The van der Waals surface area contributed by atoms with Gasteiger partial charge in [0.2, 0.25) is 5.91 Å². The molecule has 166 valence electrons. The second-order valence-corrected chi connectivity index (χ2v) is 8.00. The summed E-state index contributed by atoms with van der Waals surface area (Å²) in [6.45, 7) is 8.47. The van der Waals surface area contributed by atoms with Crippen LogP contribution >= 0.6 is 0 Å². The Bertz CT molecular complexity index is 961. The van der Waals surface area contributed by atoms with Crippen molar-refractivity contribution in [2.75, 3.05) is 13.2 Å². The molecule has 31 heavy (non-hydrogen) atoms. The van der Waals surface area contributed by atoms with Crippen LogP contribution in [-0.4, -0.2) is 45.3 Å². The van der Waals surface area contributed by atoms with Crippen molar-refractivity contribution >= 4 is 17.7 Å². The largest absolute Gasteiger partial charge is 0.461 e. The molecule has 0 radical (unpaired) electrons. The van der Waals surface area contributed by atoms with E-state index in [1.165, 1.54) is 0 Å². The normalized spacial score (nSPS) is 13.5. The summed E-state index contributed by atoms with van der Waals surface area (Å²) < 4.78 is 7.03. The van der Waals surface area contributed by atoms with E-state index >= 15 is 0 Å². The summed E-state index contributed by atoms with van der Waals surface area (Å²) >= 11 is 0. The van der Waals surface area contributed by atoms with Gasteiger partial charge in [0.15, 0.2) is 5.78 Å². The molecule has 0 bridgehead atoms. The van der Waals surface area contributed by atoms with Crippen LogP contribution in [0.25, 0.3) is 0 Å². The van der Waals surface area contributed by atoms with Crippen LogP contribution < -0.4 is 0 Å². The summed E-state index contributed by atoms with van der Waals surface area (Å²) in [7, 11) is 0. The van der Waals surface area contributed by atoms with Gasteiger partial charge in [-0.2, -0.15) is 0 Å². The predicted octanol–water partition coefficient (Wildman–Crippen LogP) is 3.71. The van der Waals surface area contributed by atoms with E-state index in [0.29, 0.717) is 29.9 Å². The minimum Gasteiger partial charge on any atom is -0.461 e. The Labute approximate surface area is 183 Å². The number of esters is 1. The van der Waals surface area contributed by atoms with Crippen molar-refractivity contribution in [2.24, 2.45) is 5.92 Å². The summed E-state index contributed by atoms with van der Waals surface area (Å²) in [4.78, 5) is 44.7. The Morgan fingerprint density at radius 2 is 1.84 bits per heavy atom. The second kappa shape index (κ2) is 9.90. The van der Waals surface area contributed by atoms with Crippen LogP contribution in [0.4, 0.5) is 0 Å². The first-order chi connectivity index (χ1) is 14.9. The van der Waals surface area contributed by atoms with Gasteiger partial charge in [-0.15, -0.1) is 0 Å². The van der Waals surface area contributed by atoms with E-state index in [2.05, 4.69) is 4.98 Å². The van der Waals surface area contributed by atoms with Crippen molar-refractivity contribution in [3.63, 3.8) is 0 Å². The van der Waals surface area contributed by atoms with Crippen molar-refractivity contribution in [3.8, 4) is 0 Å². The van der Waals surface area contributed by atoms with Crippen molar-refractivity contribution in [3.05, 3.63) is 52.6 Å². The minimum atomic E-state index is -0.428. The number of aromatic nitrogens is 2. The average molecular weight is 426 g/mol. The van der Waals surface area contributed by atoms with Gasteiger partial charge in [-0.05, 0) is 63.8 Å². The fourth-order valence-corrected chi connectivity index (χ4v) is 4.25. The van der Waals surface area contributed by atoms with Gasteiger partial charge in [-0.1, -0.05) is 6.42 Å². The number of amides is 1. The van der Waals surface area contributed by atoms with Gasteiger partial charge >= 0.3 is 5.97 Å². The molecule has 1 fully saturated rings. The monoisotopic (exact) mass is 425 g/mol. The Kier molecular flexibility index (Phi) is 7.25. The Balaban J connectivity index is 1.90. The highest BCUT2D eigenvalue weighted by Gasteiger charge is 2.32. The lowest BCUT2D eigenvalue weighted by atomic mass is 9.84. The highest BCUT2D eigenvalue weighted by atomic mass is 16.5. The third kappa shape index (κ3) is 4.70. The van der Waals surface area contributed by atoms with E-state index in [1.807, 2.05) is 30.5 Å². The summed E-state index contributed by atoms with van der Waals surface area (Å²) in [6.07, 6.45) is 6.16. The first-order valence-corrected chi connectivity index (χ1v) is 11.0. The number of pyridine rings is 1. The maximum absolute atomic E-state index is 13.4. The fourth-order valence-electron chi connectivity index (χ4n) is 4.25. The smallest absolute Gasteiger partial charge is 0.355 e. The number of hydrogen-bond acceptors (Lipinski definition) is 5. The molecule has 7 nitrogen and oxygen atoms in total. The molecule has 0 aromatic carbocycles. The van der Waals surface area contributed by atoms with Crippen LogP contribution in [-0.2, 0) is 22.6 Å². The highest BCUT2D eigenvalue weighted by molar-refractivity contribution is 6.04. The zero-order valence-electron chi connectivity index (χ0n) is 18.8. The molecule has 0 unspecified atom stereocenters. The van der Waals surface area contributed by atoms with Gasteiger partial charge in [-0.3, -0.25) is 14.6 Å². The van der Waals surface area contributed by atoms with Crippen LogP contribution in [0.5, 0.6) is 0 Å². The SMILES string of the molecule is CCOC(=O)c1c(C)c(C(=O)CN(Cc2ccncc2)C(=O)C2CCC2)c(C)n1CC. The summed E-state index contributed by atoms with van der Waals surface area (Å²) in [5, 5.41) is 0. The average Bonchev–Trinajstić information content (AvgIpc) is 2.96. The lowest BCUT2D eigenvalue weighted by Gasteiger charge is -2.31. The summed E-state index contributed by atoms with van der Waals surface area (Å²) in [5.74, 6) is -0.572. The fraction of sp³-hybridized carbons (Fsp3) is 0.500. The van der Waals surface area contributed by atoms with Crippen LogP contribution in [0.1, 0.15) is 70.8 Å². The zero-order valence-corrected chi connectivity index (χ0v) is 18.8. The third-order valence-electron chi connectivity index (χ3n) is 6.05. The van der Waals surface area contributed by atoms with Gasteiger partial charge < -0.3 is 14.2 Å². The molecule has 2 aromatic rings. The van der Waals surface area contributed by atoms with Crippen LogP contribution in [0.3, 0.4) is 0 Å². The summed E-state index contributed by atoms with van der Waals surface area (Å²) in [6, 6.07) is 3.71. The number of ether oxygens (including phenoxy) is 1.